The largest absolute Gasteiger partial charge is 0.393 e. The predicted molar refractivity (Wildman–Crippen MR) is 42.4 cm³/mol. The molecule has 1 amide bonds. The molecule has 0 saturated carbocycles. The number of aliphatic hydroxyl groups excluding tert-OH is 1. The van der Waals surface area contributed by atoms with Crippen molar-refractivity contribution in [1.82, 2.24) is 5.43 Å². The van der Waals surface area contributed by atoms with Crippen molar-refractivity contribution in [2.45, 2.75) is 33.3 Å². The molecule has 4 N–H and O–H groups in total. The number of carbonyl (C=O) groups is 1. The van der Waals surface area contributed by atoms with Crippen LogP contribution in [0.3, 0.4) is 0 Å². The van der Waals surface area contributed by atoms with Crippen LogP contribution in [-0.4, -0.2) is 17.1 Å². The summed E-state index contributed by atoms with van der Waals surface area (Å²) in [6.07, 6.45) is -0.0713. The van der Waals surface area contributed by atoms with Gasteiger partial charge in [0.1, 0.15) is 0 Å². The first kappa shape index (κ1) is 10.4. The Morgan fingerprint density at radius 3 is 2.45 bits per heavy atom. The average molecular weight is 160 g/mol. The van der Waals surface area contributed by atoms with E-state index in [0.717, 1.165) is 0 Å². The number of carbonyl (C=O) groups excluding carboxylic acids is 1. The molecule has 0 aliphatic rings. The molecule has 1 unspecified atom stereocenters. The Labute approximate surface area is 66.7 Å². The lowest BCUT2D eigenvalue weighted by Crippen LogP contribution is -2.42. The van der Waals surface area contributed by atoms with Crippen LogP contribution in [0, 0.1) is 5.41 Å². The number of rotatable bonds is 3. The van der Waals surface area contributed by atoms with Crippen LogP contribution in [-0.2, 0) is 4.79 Å². The molecule has 66 valence electrons. The maximum absolute atomic E-state index is 11.0. The Morgan fingerprint density at radius 1 is 1.73 bits per heavy atom. The number of nitrogens with two attached hydrogens (primary N) is 1. The second-order valence-corrected chi connectivity index (χ2v) is 3.41. The van der Waals surface area contributed by atoms with Gasteiger partial charge in [-0.15, -0.1) is 0 Å². The first-order chi connectivity index (χ1) is 4.90. The summed E-state index contributed by atoms with van der Waals surface area (Å²) in [5, 5.41) is 9.01. The van der Waals surface area contributed by atoms with Crippen LogP contribution >= 0.6 is 0 Å². The molecule has 0 rings (SSSR count). The normalized spacial score (nSPS) is 14.3. The summed E-state index contributed by atoms with van der Waals surface area (Å²) in [6.45, 7) is 5.12. The van der Waals surface area contributed by atoms with Crippen molar-refractivity contribution in [3.63, 3.8) is 0 Å². The molecular formula is C7H16N2O2. The van der Waals surface area contributed by atoms with Crippen LogP contribution in [0.25, 0.3) is 0 Å². The predicted octanol–water partition coefficient (Wildman–Crippen LogP) is -0.227. The fourth-order valence-corrected chi connectivity index (χ4v) is 1.03. The summed E-state index contributed by atoms with van der Waals surface area (Å²) >= 11 is 0. The fourth-order valence-electron chi connectivity index (χ4n) is 1.03. The third-order valence-corrected chi connectivity index (χ3v) is 1.55. The van der Waals surface area contributed by atoms with E-state index < -0.39 is 11.5 Å². The number of aliphatic hydroxyl groups is 1. The van der Waals surface area contributed by atoms with Crippen LogP contribution in [0.2, 0.25) is 0 Å². The van der Waals surface area contributed by atoms with Crippen LogP contribution in [0.15, 0.2) is 0 Å². The van der Waals surface area contributed by atoms with Gasteiger partial charge in [0.05, 0.1) is 6.10 Å². The molecule has 0 heterocycles. The average Bonchev–Trinajstić information content (AvgIpc) is 1.83. The van der Waals surface area contributed by atoms with Crippen LogP contribution in [0.4, 0.5) is 0 Å². The van der Waals surface area contributed by atoms with Crippen LogP contribution in [0.5, 0.6) is 0 Å². The Kier molecular flexibility index (Phi) is 3.48. The molecule has 0 aromatic rings. The minimum Gasteiger partial charge on any atom is -0.393 e. The summed E-state index contributed by atoms with van der Waals surface area (Å²) < 4.78 is 0. The summed E-state index contributed by atoms with van der Waals surface area (Å²) in [4.78, 5) is 11.0. The fraction of sp³-hybridized carbons (Fsp3) is 0.857. The maximum atomic E-state index is 11.0. The minimum atomic E-state index is -0.594. The van der Waals surface area contributed by atoms with Crippen molar-refractivity contribution in [2.75, 3.05) is 0 Å². The Morgan fingerprint density at radius 2 is 2.18 bits per heavy atom. The van der Waals surface area contributed by atoms with Crippen molar-refractivity contribution < 1.29 is 9.90 Å². The number of hydrazine groups is 1. The van der Waals surface area contributed by atoms with Gasteiger partial charge in [-0.3, -0.25) is 10.2 Å². The standard InChI is InChI=1S/C7H16N2O2/c1-5(10)4-7(2,3)6(11)9-8/h5,10H,4,8H2,1-3H3,(H,9,11). The highest BCUT2D eigenvalue weighted by molar-refractivity contribution is 5.81. The highest BCUT2D eigenvalue weighted by atomic mass is 16.3. The third-order valence-electron chi connectivity index (χ3n) is 1.55. The molecule has 0 radical (unpaired) electrons. The highest BCUT2D eigenvalue weighted by Gasteiger charge is 2.28. The summed E-state index contributed by atoms with van der Waals surface area (Å²) in [5.41, 5.74) is 1.47. The zero-order valence-corrected chi connectivity index (χ0v) is 7.22. The molecule has 0 spiro atoms. The van der Waals surface area contributed by atoms with Gasteiger partial charge in [-0.1, -0.05) is 13.8 Å². The maximum Gasteiger partial charge on any atom is 0.239 e. The van der Waals surface area contributed by atoms with Crippen molar-refractivity contribution in [2.24, 2.45) is 11.3 Å². The van der Waals surface area contributed by atoms with E-state index in [1.165, 1.54) is 0 Å². The van der Waals surface area contributed by atoms with Gasteiger partial charge in [0.2, 0.25) is 5.91 Å². The summed E-state index contributed by atoms with van der Waals surface area (Å²) in [5.74, 6) is 4.70. The van der Waals surface area contributed by atoms with Gasteiger partial charge in [-0.05, 0) is 13.3 Å². The molecule has 1 atom stereocenters. The molecule has 0 fully saturated rings. The van der Waals surface area contributed by atoms with Gasteiger partial charge < -0.3 is 5.11 Å². The van der Waals surface area contributed by atoms with Crippen LogP contribution in [0.1, 0.15) is 27.2 Å². The smallest absolute Gasteiger partial charge is 0.239 e. The molecule has 11 heavy (non-hydrogen) atoms. The molecule has 0 saturated heterocycles. The van der Waals surface area contributed by atoms with Crippen LogP contribution < -0.4 is 11.3 Å². The monoisotopic (exact) mass is 160 g/mol. The zero-order chi connectivity index (χ0) is 9.07. The number of amides is 1. The molecule has 0 aromatic carbocycles. The van der Waals surface area contributed by atoms with E-state index in [0.29, 0.717) is 6.42 Å². The lowest BCUT2D eigenvalue weighted by atomic mass is 9.86. The topological polar surface area (TPSA) is 75.3 Å². The van der Waals surface area contributed by atoms with Gasteiger partial charge in [0.15, 0.2) is 0 Å². The molecule has 4 nitrogen and oxygen atoms in total. The Bertz CT molecular complexity index is 143. The second kappa shape index (κ2) is 3.69. The molecule has 4 heteroatoms. The second-order valence-electron chi connectivity index (χ2n) is 3.41. The van der Waals surface area contributed by atoms with E-state index in [4.69, 9.17) is 10.9 Å². The molecule has 0 aliphatic carbocycles. The van der Waals surface area contributed by atoms with Gasteiger partial charge in [-0.2, -0.15) is 0 Å². The number of hydrogen-bond acceptors (Lipinski definition) is 3. The van der Waals surface area contributed by atoms with Gasteiger partial charge in [0.25, 0.3) is 0 Å². The van der Waals surface area contributed by atoms with E-state index >= 15 is 0 Å². The number of hydrogen-bond donors (Lipinski definition) is 3. The van der Waals surface area contributed by atoms with Gasteiger partial charge >= 0.3 is 0 Å². The van der Waals surface area contributed by atoms with Crippen molar-refractivity contribution in [3.05, 3.63) is 0 Å². The summed E-state index contributed by atoms with van der Waals surface area (Å²) in [7, 11) is 0. The highest BCUT2D eigenvalue weighted by Crippen LogP contribution is 2.21. The molecule has 0 aromatic heterocycles. The van der Waals surface area contributed by atoms with Crippen molar-refractivity contribution >= 4 is 5.91 Å². The van der Waals surface area contributed by atoms with Gasteiger partial charge in [0, 0.05) is 5.41 Å². The first-order valence-corrected chi connectivity index (χ1v) is 3.59. The quantitative estimate of drug-likeness (QED) is 0.303. The third kappa shape index (κ3) is 3.34. The Balaban J connectivity index is 4.09. The summed E-state index contributed by atoms with van der Waals surface area (Å²) in [6, 6.07) is 0. The van der Waals surface area contributed by atoms with Gasteiger partial charge in [-0.25, -0.2) is 5.84 Å². The molecule has 0 aliphatic heterocycles. The van der Waals surface area contributed by atoms with E-state index in [9.17, 15) is 4.79 Å². The van der Waals surface area contributed by atoms with E-state index in [1.54, 1.807) is 20.8 Å². The zero-order valence-electron chi connectivity index (χ0n) is 7.22. The van der Waals surface area contributed by atoms with Crippen molar-refractivity contribution in [1.29, 1.82) is 0 Å². The van der Waals surface area contributed by atoms with E-state index in [-0.39, 0.29) is 5.91 Å². The van der Waals surface area contributed by atoms with E-state index in [1.807, 2.05) is 0 Å². The van der Waals surface area contributed by atoms with E-state index in [2.05, 4.69) is 5.43 Å². The minimum absolute atomic E-state index is 0.251. The SMILES string of the molecule is CC(O)CC(C)(C)C(=O)NN. The first-order valence-electron chi connectivity index (χ1n) is 3.59. The number of nitrogens with one attached hydrogen (secondary N) is 1. The molecular weight excluding hydrogens is 144 g/mol. The van der Waals surface area contributed by atoms with Crippen molar-refractivity contribution in [3.8, 4) is 0 Å². The Hall–Kier alpha value is -0.610. The lowest BCUT2D eigenvalue weighted by Gasteiger charge is -2.23. The lowest BCUT2D eigenvalue weighted by molar-refractivity contribution is -0.130. The molecule has 0 bridgehead atoms.